The molecule has 2 aromatic carbocycles. The number of nitrogens with zero attached hydrogens (tertiary/aromatic N) is 3. The summed E-state index contributed by atoms with van der Waals surface area (Å²) in [5.41, 5.74) is 6.74. The van der Waals surface area contributed by atoms with Crippen LogP contribution in [0.25, 0.3) is 16.7 Å². The Labute approximate surface area is 142 Å². The highest BCUT2D eigenvalue weighted by molar-refractivity contribution is 7.88. The van der Waals surface area contributed by atoms with E-state index in [1.165, 1.54) is 16.8 Å². The third kappa shape index (κ3) is 3.61. The molecule has 0 saturated heterocycles. The molecule has 1 amide bonds. The molecule has 3 N–H and O–H groups in total. The Balaban J connectivity index is 1.96. The second-order valence-corrected chi connectivity index (χ2v) is 6.14. The third-order valence-corrected chi connectivity index (χ3v) is 4.05. The zero-order valence-electron chi connectivity index (χ0n) is 12.9. The minimum absolute atomic E-state index is 0.163. The van der Waals surface area contributed by atoms with Crippen molar-refractivity contribution in [3.63, 3.8) is 0 Å². The smallest absolute Gasteiger partial charge is 0.421 e. The van der Waals surface area contributed by atoms with E-state index in [1.54, 1.807) is 37.4 Å². The average molecular weight is 363 g/mol. The fourth-order valence-electron chi connectivity index (χ4n) is 2.20. The lowest BCUT2D eigenvalue weighted by Crippen LogP contribution is -2.24. The first-order valence-electron chi connectivity index (χ1n) is 6.89. The Bertz CT molecular complexity index is 1050. The van der Waals surface area contributed by atoms with Crippen LogP contribution in [0.3, 0.4) is 0 Å². The van der Waals surface area contributed by atoms with Crippen LogP contribution in [-0.4, -0.2) is 36.6 Å². The van der Waals surface area contributed by atoms with Gasteiger partial charge in [0.2, 0.25) is 0 Å². The van der Waals surface area contributed by atoms with Crippen molar-refractivity contribution < 1.29 is 22.1 Å². The van der Waals surface area contributed by atoms with Gasteiger partial charge in [-0.15, -0.1) is 5.10 Å². The summed E-state index contributed by atoms with van der Waals surface area (Å²) in [6.45, 7) is 0. The Kier molecular flexibility index (Phi) is 4.15. The molecule has 1 aromatic heterocycles. The zero-order chi connectivity index (χ0) is 18.0. The van der Waals surface area contributed by atoms with Gasteiger partial charge in [0.25, 0.3) is 0 Å². The van der Waals surface area contributed by atoms with Crippen molar-refractivity contribution >= 4 is 33.1 Å². The first kappa shape index (κ1) is 16.5. The molecular formula is C14H13N5O5S. The van der Waals surface area contributed by atoms with Crippen LogP contribution >= 0.6 is 0 Å². The number of fused-ring (bicyclic) bond motifs is 1. The van der Waals surface area contributed by atoms with Crippen LogP contribution in [0.15, 0.2) is 42.5 Å². The lowest BCUT2D eigenvalue weighted by molar-refractivity contribution is 0.213. The molecule has 0 aliphatic heterocycles. The maximum absolute atomic E-state index is 11.6. The van der Waals surface area contributed by atoms with E-state index in [0.717, 1.165) is 0 Å². The van der Waals surface area contributed by atoms with Crippen molar-refractivity contribution in [2.24, 2.45) is 5.73 Å². The largest absolute Gasteiger partial charge is 0.497 e. The van der Waals surface area contributed by atoms with E-state index in [9.17, 15) is 13.2 Å². The number of methoxy groups -OCH3 is 1. The molecule has 0 aliphatic carbocycles. The number of carbonyl (C=O) groups is 1. The lowest BCUT2D eigenvalue weighted by atomic mass is 10.2. The van der Waals surface area contributed by atoms with Gasteiger partial charge in [-0.25, -0.2) is 9.48 Å². The van der Waals surface area contributed by atoms with Gasteiger partial charge in [-0.1, -0.05) is 11.3 Å². The highest BCUT2D eigenvalue weighted by Crippen LogP contribution is 2.23. The van der Waals surface area contributed by atoms with Gasteiger partial charge in [-0.2, -0.15) is 8.42 Å². The quantitative estimate of drug-likeness (QED) is 0.694. The molecule has 11 heteroatoms. The highest BCUT2D eigenvalue weighted by Gasteiger charge is 2.15. The maximum atomic E-state index is 11.6. The van der Waals surface area contributed by atoms with Gasteiger partial charge in [-0.3, -0.25) is 4.72 Å². The molecule has 10 nitrogen and oxygen atoms in total. The van der Waals surface area contributed by atoms with Crippen molar-refractivity contribution in [1.82, 2.24) is 15.0 Å². The van der Waals surface area contributed by atoms with Crippen LogP contribution in [0.4, 0.5) is 10.5 Å². The molecule has 0 unspecified atom stereocenters. The highest BCUT2D eigenvalue weighted by atomic mass is 32.2. The number of nitrogens with two attached hydrogens (primary N) is 1. The summed E-state index contributed by atoms with van der Waals surface area (Å²) in [7, 11) is -2.81. The van der Waals surface area contributed by atoms with Crippen LogP contribution < -0.4 is 15.2 Å². The van der Waals surface area contributed by atoms with Gasteiger partial charge in [0.1, 0.15) is 11.3 Å². The Hall–Kier alpha value is -3.34. The van der Waals surface area contributed by atoms with Crippen molar-refractivity contribution in [1.29, 1.82) is 0 Å². The number of rotatable bonds is 5. The first-order valence-corrected chi connectivity index (χ1v) is 8.30. The third-order valence-electron chi connectivity index (χ3n) is 3.18. The second-order valence-electron chi connectivity index (χ2n) is 4.86. The number of nitrogens with one attached hydrogen (secondary N) is 1. The normalized spacial score (nSPS) is 11.2. The van der Waals surface area contributed by atoms with Crippen LogP contribution in [0, 0.1) is 0 Å². The molecule has 1 heterocycles. The fraction of sp³-hybridized carbons (Fsp3) is 0.0714. The van der Waals surface area contributed by atoms with E-state index in [2.05, 4.69) is 19.2 Å². The van der Waals surface area contributed by atoms with E-state index < -0.39 is 16.4 Å². The predicted octanol–water partition coefficient (Wildman–Crippen LogP) is 1.18. The van der Waals surface area contributed by atoms with Crippen LogP contribution in [0.2, 0.25) is 0 Å². The van der Waals surface area contributed by atoms with E-state index in [0.29, 0.717) is 22.5 Å². The van der Waals surface area contributed by atoms with Gasteiger partial charge in [-0.05, 0) is 30.3 Å². The molecule has 0 radical (unpaired) electrons. The molecule has 0 spiro atoms. The molecule has 0 bridgehead atoms. The van der Waals surface area contributed by atoms with Crippen LogP contribution in [0.5, 0.6) is 5.75 Å². The zero-order valence-corrected chi connectivity index (χ0v) is 13.7. The number of carbonyl (C=O) groups excluding carboxylic acids is 1. The fourth-order valence-corrected chi connectivity index (χ4v) is 2.87. The van der Waals surface area contributed by atoms with Crippen molar-refractivity contribution in [2.75, 3.05) is 11.8 Å². The SMILES string of the molecule is COc1ccc2c(c1)nnn2-c1cccc(NS(=O)(=O)OC(N)=O)c1. The lowest BCUT2D eigenvalue weighted by Gasteiger charge is -2.08. The molecule has 0 aliphatic rings. The van der Waals surface area contributed by atoms with Crippen LogP contribution in [0.1, 0.15) is 0 Å². The molecule has 3 aromatic rings. The van der Waals surface area contributed by atoms with Gasteiger partial charge >= 0.3 is 16.4 Å². The number of primary amides is 1. The second kappa shape index (κ2) is 6.28. The molecule has 0 saturated carbocycles. The van der Waals surface area contributed by atoms with E-state index in [1.807, 2.05) is 0 Å². The van der Waals surface area contributed by atoms with E-state index in [-0.39, 0.29) is 5.69 Å². The van der Waals surface area contributed by atoms with Gasteiger partial charge < -0.3 is 14.7 Å². The monoisotopic (exact) mass is 363 g/mol. The summed E-state index contributed by atoms with van der Waals surface area (Å²) in [5.74, 6) is 0.643. The number of amides is 1. The average Bonchev–Trinajstić information content (AvgIpc) is 2.96. The summed E-state index contributed by atoms with van der Waals surface area (Å²) in [4.78, 5) is 10.6. The number of aromatic nitrogens is 3. The van der Waals surface area contributed by atoms with Crippen molar-refractivity contribution in [2.45, 2.75) is 0 Å². The number of benzene rings is 2. The minimum Gasteiger partial charge on any atom is -0.497 e. The summed E-state index contributed by atoms with van der Waals surface area (Å²) < 4.78 is 36.0. The predicted molar refractivity (Wildman–Crippen MR) is 88.6 cm³/mol. The molecular weight excluding hydrogens is 350 g/mol. The Morgan fingerprint density at radius 3 is 2.76 bits per heavy atom. The van der Waals surface area contributed by atoms with Crippen LogP contribution in [-0.2, 0) is 14.5 Å². The number of anilines is 1. The number of ether oxygens (including phenoxy) is 1. The molecule has 25 heavy (non-hydrogen) atoms. The molecule has 0 atom stereocenters. The van der Waals surface area contributed by atoms with Gasteiger partial charge in [0.15, 0.2) is 0 Å². The standard InChI is InChI=1S/C14H13N5O5S/c1-23-11-5-6-13-12(8-11)16-18-19(13)10-4-2-3-9(7-10)17-25(21,22)24-14(15)20/h2-8,17H,1H3,(H2,15,20). The minimum atomic E-state index is -4.36. The van der Waals surface area contributed by atoms with Crippen molar-refractivity contribution in [3.05, 3.63) is 42.5 Å². The Morgan fingerprint density at radius 1 is 1.24 bits per heavy atom. The summed E-state index contributed by atoms with van der Waals surface area (Å²) in [5, 5.41) is 8.11. The summed E-state index contributed by atoms with van der Waals surface area (Å²) in [6, 6.07) is 11.6. The number of hydrogen-bond acceptors (Lipinski definition) is 7. The Morgan fingerprint density at radius 2 is 2.04 bits per heavy atom. The number of hydrogen-bond donors (Lipinski definition) is 2. The van der Waals surface area contributed by atoms with Gasteiger partial charge in [0.05, 0.1) is 24.0 Å². The molecule has 0 fully saturated rings. The van der Waals surface area contributed by atoms with E-state index >= 15 is 0 Å². The molecule has 130 valence electrons. The van der Waals surface area contributed by atoms with Crippen molar-refractivity contribution in [3.8, 4) is 11.4 Å². The molecule has 3 rings (SSSR count). The maximum Gasteiger partial charge on any atom is 0.421 e. The summed E-state index contributed by atoms with van der Waals surface area (Å²) >= 11 is 0. The van der Waals surface area contributed by atoms with E-state index in [4.69, 9.17) is 10.5 Å². The topological polar surface area (TPSA) is 138 Å². The van der Waals surface area contributed by atoms with Gasteiger partial charge in [0, 0.05) is 6.07 Å². The summed E-state index contributed by atoms with van der Waals surface area (Å²) in [6.07, 6.45) is -1.43. The first-order chi connectivity index (χ1) is 11.9.